The van der Waals surface area contributed by atoms with Crippen molar-refractivity contribution in [1.82, 2.24) is 0 Å². The fourth-order valence-electron chi connectivity index (χ4n) is 2.67. The van der Waals surface area contributed by atoms with Gasteiger partial charge in [0.15, 0.2) is 23.0 Å². The molecule has 0 amide bonds. The zero-order valence-electron chi connectivity index (χ0n) is 14.9. The maximum atomic E-state index is 5.55. The average molecular weight is 337 g/mol. The first-order chi connectivity index (χ1) is 11.6. The lowest BCUT2D eigenvalue weighted by atomic mass is 10.0. The number of ether oxygens (including phenoxy) is 7. The van der Waals surface area contributed by atoms with Gasteiger partial charge >= 0.3 is 0 Å². The Morgan fingerprint density at radius 2 is 0.875 bits per heavy atom. The summed E-state index contributed by atoms with van der Waals surface area (Å²) in [6.07, 6.45) is 0. The smallest absolute Gasteiger partial charge is 0.208 e. The zero-order chi connectivity index (χ0) is 17.9. The highest BCUT2D eigenvalue weighted by molar-refractivity contribution is 6.04. The lowest BCUT2D eigenvalue weighted by Gasteiger charge is -2.21. The summed E-state index contributed by atoms with van der Waals surface area (Å²) >= 11 is 0. The number of methoxy groups -OCH3 is 7. The Hall–Kier alpha value is -2.70. The van der Waals surface area contributed by atoms with Crippen LogP contribution in [0.5, 0.6) is 40.2 Å². The molecule has 0 saturated heterocycles. The molecule has 0 aliphatic heterocycles. The molecule has 0 aromatic heterocycles. The fourth-order valence-corrected chi connectivity index (χ4v) is 2.67. The van der Waals surface area contributed by atoms with Crippen LogP contribution in [0.4, 0.5) is 0 Å². The van der Waals surface area contributed by atoms with Crippen LogP contribution in [0.1, 0.15) is 0 Å². The van der Waals surface area contributed by atoms with Crippen LogP contribution in [-0.2, 0) is 0 Å². The molecule has 0 bridgehead atoms. The molecule has 2 rings (SSSR count). The van der Waals surface area contributed by atoms with Crippen LogP contribution in [0.3, 0.4) is 0 Å². The van der Waals surface area contributed by atoms with Gasteiger partial charge in [-0.1, -0.05) is 0 Å². The van der Waals surface area contributed by atoms with Gasteiger partial charge in [-0.3, -0.25) is 0 Å². The van der Waals surface area contributed by atoms with Crippen LogP contribution in [0, 0.1) is 6.07 Å². The highest BCUT2D eigenvalue weighted by atomic mass is 16.6. The molecule has 2 aromatic rings. The van der Waals surface area contributed by atoms with Gasteiger partial charge in [0.05, 0.1) is 55.2 Å². The number of rotatable bonds is 7. The molecule has 131 valence electrons. The van der Waals surface area contributed by atoms with Crippen molar-refractivity contribution in [3.05, 3.63) is 6.07 Å². The van der Waals surface area contributed by atoms with Gasteiger partial charge in [0.2, 0.25) is 17.2 Å². The van der Waals surface area contributed by atoms with E-state index in [0.717, 1.165) is 0 Å². The van der Waals surface area contributed by atoms with E-state index >= 15 is 0 Å². The summed E-state index contributed by atoms with van der Waals surface area (Å²) in [7, 11) is 10.7. The molecule has 0 N–H and O–H groups in total. The van der Waals surface area contributed by atoms with Crippen LogP contribution in [-0.4, -0.2) is 49.8 Å². The quantitative estimate of drug-likeness (QED) is 0.769. The van der Waals surface area contributed by atoms with Crippen molar-refractivity contribution in [2.45, 2.75) is 0 Å². The third-order valence-corrected chi connectivity index (χ3v) is 3.63. The molecule has 7 heteroatoms. The van der Waals surface area contributed by atoms with Crippen molar-refractivity contribution in [2.24, 2.45) is 0 Å². The maximum absolute atomic E-state index is 5.55. The van der Waals surface area contributed by atoms with E-state index in [2.05, 4.69) is 6.07 Å². The third-order valence-electron chi connectivity index (χ3n) is 3.63. The Balaban J connectivity index is 3.14. The highest BCUT2D eigenvalue weighted by Crippen LogP contribution is 2.56. The minimum absolute atomic E-state index is 0.370. The third kappa shape index (κ3) is 2.46. The van der Waals surface area contributed by atoms with E-state index in [0.29, 0.717) is 51.0 Å². The van der Waals surface area contributed by atoms with Gasteiger partial charge in [-0.15, -0.1) is 0 Å². The minimum atomic E-state index is 0.370. The summed E-state index contributed by atoms with van der Waals surface area (Å²) in [4.78, 5) is 0. The lowest BCUT2D eigenvalue weighted by Crippen LogP contribution is -2.02. The highest BCUT2D eigenvalue weighted by Gasteiger charge is 2.29. The minimum Gasteiger partial charge on any atom is -0.492 e. The number of benzene rings is 2. The van der Waals surface area contributed by atoms with E-state index < -0.39 is 0 Å². The van der Waals surface area contributed by atoms with E-state index in [1.54, 1.807) is 0 Å². The van der Waals surface area contributed by atoms with Gasteiger partial charge in [-0.05, 0) is 0 Å². The second-order valence-corrected chi connectivity index (χ2v) is 4.61. The first kappa shape index (κ1) is 17.7. The normalized spacial score (nSPS) is 10.3. The lowest BCUT2D eigenvalue weighted by molar-refractivity contribution is 0.306. The fraction of sp³-hybridized carbons (Fsp3) is 0.412. The van der Waals surface area contributed by atoms with Crippen LogP contribution >= 0.6 is 0 Å². The molecule has 0 saturated carbocycles. The van der Waals surface area contributed by atoms with Crippen molar-refractivity contribution in [1.29, 1.82) is 0 Å². The first-order valence-corrected chi connectivity index (χ1v) is 7.04. The summed E-state index contributed by atoms with van der Waals surface area (Å²) in [6.45, 7) is 0. The van der Waals surface area contributed by atoms with Gasteiger partial charge in [0.25, 0.3) is 0 Å². The molecule has 0 unspecified atom stereocenters. The van der Waals surface area contributed by atoms with Crippen LogP contribution in [0.25, 0.3) is 10.8 Å². The average Bonchev–Trinajstić information content (AvgIpc) is 2.63. The van der Waals surface area contributed by atoms with Gasteiger partial charge in [-0.2, -0.15) is 0 Å². The second-order valence-electron chi connectivity index (χ2n) is 4.61. The zero-order valence-corrected chi connectivity index (χ0v) is 14.9. The van der Waals surface area contributed by atoms with Gasteiger partial charge in [0.1, 0.15) is 0 Å². The largest absolute Gasteiger partial charge is 0.492 e. The van der Waals surface area contributed by atoms with E-state index in [-0.39, 0.29) is 0 Å². The Kier molecular flexibility index (Phi) is 5.33. The Morgan fingerprint density at radius 3 is 1.29 bits per heavy atom. The van der Waals surface area contributed by atoms with Gasteiger partial charge in [0, 0.05) is 11.5 Å². The molecule has 2 aromatic carbocycles. The molecule has 0 heterocycles. The molecule has 0 aliphatic carbocycles. The van der Waals surface area contributed by atoms with Gasteiger partial charge < -0.3 is 33.2 Å². The van der Waals surface area contributed by atoms with Crippen molar-refractivity contribution < 1.29 is 33.2 Å². The number of fused-ring (bicyclic) bond motifs is 1. The summed E-state index contributed by atoms with van der Waals surface area (Å²) in [6, 6.07) is 3.12. The Bertz CT molecular complexity index is 730. The van der Waals surface area contributed by atoms with E-state index in [9.17, 15) is 0 Å². The number of hydrogen-bond donors (Lipinski definition) is 0. The van der Waals surface area contributed by atoms with Crippen molar-refractivity contribution in [3.8, 4) is 40.2 Å². The summed E-state index contributed by atoms with van der Waals surface area (Å²) in [5.41, 5.74) is 0. The van der Waals surface area contributed by atoms with Crippen LogP contribution in [0.2, 0.25) is 0 Å². The maximum Gasteiger partial charge on any atom is 0.208 e. The predicted molar refractivity (Wildman–Crippen MR) is 88.6 cm³/mol. The van der Waals surface area contributed by atoms with Crippen LogP contribution < -0.4 is 33.2 Å². The van der Waals surface area contributed by atoms with Crippen molar-refractivity contribution >= 4 is 10.8 Å². The molecule has 24 heavy (non-hydrogen) atoms. The summed E-state index contributed by atoms with van der Waals surface area (Å²) in [5.74, 6) is 2.77. The monoisotopic (exact) mass is 337 g/mol. The molecule has 1 radical (unpaired) electrons. The SMILES string of the molecule is COc1[c]c2c(OC)c(OC)c(OC)c(OC)c2c(OC)c1OC. The van der Waals surface area contributed by atoms with E-state index in [1.165, 1.54) is 49.8 Å². The van der Waals surface area contributed by atoms with E-state index in [1.807, 2.05) is 0 Å². The van der Waals surface area contributed by atoms with Crippen molar-refractivity contribution in [2.75, 3.05) is 49.8 Å². The summed E-state index contributed by atoms with van der Waals surface area (Å²) < 4.78 is 38.3. The topological polar surface area (TPSA) is 64.6 Å². The second kappa shape index (κ2) is 7.25. The predicted octanol–water partition coefficient (Wildman–Crippen LogP) is 2.70. The molecular weight excluding hydrogens is 316 g/mol. The van der Waals surface area contributed by atoms with Gasteiger partial charge in [-0.25, -0.2) is 0 Å². The Labute approximate surface area is 140 Å². The molecule has 0 fully saturated rings. The molecule has 0 aliphatic rings. The Morgan fingerprint density at radius 1 is 0.458 bits per heavy atom. The standard InChI is InChI=1S/C17H21O7/c1-18-10-8-9-11(14(21-4)13(10)20-3)15(22-5)17(24-7)16(23-6)12(9)19-2/h1-7H3. The van der Waals surface area contributed by atoms with Crippen molar-refractivity contribution in [3.63, 3.8) is 0 Å². The number of hydrogen-bond acceptors (Lipinski definition) is 7. The molecule has 7 nitrogen and oxygen atoms in total. The first-order valence-electron chi connectivity index (χ1n) is 7.04. The molecular formula is C17H21O7. The van der Waals surface area contributed by atoms with Crippen LogP contribution in [0.15, 0.2) is 0 Å². The summed E-state index contributed by atoms with van der Waals surface area (Å²) in [5, 5.41) is 1.13. The molecule has 0 spiro atoms. The van der Waals surface area contributed by atoms with E-state index in [4.69, 9.17) is 33.2 Å². The molecule has 0 atom stereocenters.